The molecule has 0 saturated heterocycles. The first-order valence-corrected chi connectivity index (χ1v) is 8.87. The van der Waals surface area contributed by atoms with Gasteiger partial charge in [0.05, 0.1) is 0 Å². The molecule has 1 aromatic carbocycles. The molecule has 1 aliphatic heterocycles. The number of rotatable bonds is 0. The lowest BCUT2D eigenvalue weighted by atomic mass is 9.53. The van der Waals surface area contributed by atoms with Gasteiger partial charge in [0.2, 0.25) is 0 Å². The zero-order valence-corrected chi connectivity index (χ0v) is 13.7. The van der Waals surface area contributed by atoms with Crippen molar-refractivity contribution in [2.24, 2.45) is 23.2 Å². The number of hydrogen-bond donors (Lipinski definition) is 1. The number of benzene rings is 1. The molecule has 0 radical (unpaired) electrons. The van der Waals surface area contributed by atoms with Crippen molar-refractivity contribution in [2.45, 2.75) is 65.0 Å². The molecule has 3 fully saturated rings. The summed E-state index contributed by atoms with van der Waals surface area (Å²) in [5, 5.41) is 3.97. The fraction of sp³-hybridized carbons (Fsp3) is 0.700. The van der Waals surface area contributed by atoms with Gasteiger partial charge in [0, 0.05) is 12.6 Å². The van der Waals surface area contributed by atoms with E-state index in [9.17, 15) is 0 Å². The first-order valence-electron chi connectivity index (χ1n) is 8.87. The molecule has 114 valence electrons. The molecule has 0 aromatic heterocycles. The molecule has 1 heteroatoms. The van der Waals surface area contributed by atoms with E-state index < -0.39 is 0 Å². The molecule has 3 saturated carbocycles. The first-order chi connectivity index (χ1) is 10.1. The van der Waals surface area contributed by atoms with Gasteiger partial charge in [0.1, 0.15) is 0 Å². The summed E-state index contributed by atoms with van der Waals surface area (Å²) >= 11 is 0. The maximum atomic E-state index is 3.97. The molecule has 1 aromatic rings. The SMILES string of the molecule is CC(C)(C)C1c2ccccc2CNC2C3CCC(CC3)C21. The van der Waals surface area contributed by atoms with Crippen LogP contribution in [0.4, 0.5) is 0 Å². The fourth-order valence-electron chi connectivity index (χ4n) is 5.76. The lowest BCUT2D eigenvalue weighted by molar-refractivity contribution is 0.0118. The van der Waals surface area contributed by atoms with Crippen molar-refractivity contribution in [2.75, 3.05) is 0 Å². The number of hydrogen-bond acceptors (Lipinski definition) is 1. The zero-order valence-electron chi connectivity index (χ0n) is 13.7. The van der Waals surface area contributed by atoms with E-state index in [4.69, 9.17) is 0 Å². The van der Waals surface area contributed by atoms with E-state index in [1.165, 1.54) is 25.7 Å². The van der Waals surface area contributed by atoms with Crippen LogP contribution in [0.1, 0.15) is 63.5 Å². The molecule has 5 rings (SSSR count). The third-order valence-electron chi connectivity index (χ3n) is 6.52. The minimum Gasteiger partial charge on any atom is -0.309 e. The summed E-state index contributed by atoms with van der Waals surface area (Å²) in [5.74, 6) is 3.44. The molecule has 1 heterocycles. The van der Waals surface area contributed by atoms with E-state index in [1.807, 2.05) is 0 Å². The van der Waals surface area contributed by atoms with Crippen molar-refractivity contribution in [1.82, 2.24) is 5.32 Å². The van der Waals surface area contributed by atoms with Gasteiger partial charge in [0.25, 0.3) is 0 Å². The Labute approximate surface area is 129 Å². The van der Waals surface area contributed by atoms with Crippen molar-refractivity contribution in [3.8, 4) is 0 Å². The average molecular weight is 283 g/mol. The van der Waals surface area contributed by atoms with Gasteiger partial charge in [-0.05, 0) is 65.9 Å². The number of nitrogens with one attached hydrogen (secondary N) is 1. The molecule has 2 bridgehead atoms. The highest BCUT2D eigenvalue weighted by molar-refractivity contribution is 5.35. The molecule has 0 spiro atoms. The van der Waals surface area contributed by atoms with Crippen molar-refractivity contribution in [1.29, 1.82) is 0 Å². The first kappa shape index (κ1) is 13.8. The van der Waals surface area contributed by atoms with Gasteiger partial charge in [-0.25, -0.2) is 0 Å². The van der Waals surface area contributed by atoms with Crippen LogP contribution in [-0.4, -0.2) is 6.04 Å². The van der Waals surface area contributed by atoms with Crippen LogP contribution in [0, 0.1) is 23.2 Å². The molecule has 3 atom stereocenters. The van der Waals surface area contributed by atoms with E-state index in [1.54, 1.807) is 11.1 Å². The van der Waals surface area contributed by atoms with Crippen LogP contribution in [0.15, 0.2) is 24.3 Å². The van der Waals surface area contributed by atoms with E-state index in [0.717, 1.165) is 30.3 Å². The predicted molar refractivity (Wildman–Crippen MR) is 88.2 cm³/mol. The van der Waals surface area contributed by atoms with Gasteiger partial charge >= 0.3 is 0 Å². The topological polar surface area (TPSA) is 12.0 Å². The number of fused-ring (bicyclic) bond motifs is 3. The van der Waals surface area contributed by atoms with Crippen LogP contribution in [-0.2, 0) is 6.54 Å². The van der Waals surface area contributed by atoms with Gasteiger partial charge in [-0.2, -0.15) is 0 Å². The standard InChI is InChI=1S/C20H29N/c1-20(2,3)18-16-7-5-4-6-15(16)12-21-19-14-10-8-13(9-11-14)17(18)19/h4-7,13-14,17-19,21H,8-12H2,1-3H3. The van der Waals surface area contributed by atoms with Crippen molar-refractivity contribution in [3.63, 3.8) is 0 Å². The van der Waals surface area contributed by atoms with Gasteiger partial charge in [-0.1, -0.05) is 45.0 Å². The molecular weight excluding hydrogens is 254 g/mol. The normalized spacial score (nSPS) is 38.5. The highest BCUT2D eigenvalue weighted by Gasteiger charge is 2.50. The molecule has 3 unspecified atom stereocenters. The lowest BCUT2D eigenvalue weighted by Gasteiger charge is -2.53. The smallest absolute Gasteiger partial charge is 0.0211 e. The highest BCUT2D eigenvalue weighted by Crippen LogP contribution is 2.56. The summed E-state index contributed by atoms with van der Waals surface area (Å²) in [5.41, 5.74) is 3.53. The molecular formula is C20H29N. The monoisotopic (exact) mass is 283 g/mol. The van der Waals surface area contributed by atoms with Gasteiger partial charge < -0.3 is 5.32 Å². The summed E-state index contributed by atoms with van der Waals surface area (Å²) in [4.78, 5) is 0. The van der Waals surface area contributed by atoms with E-state index in [0.29, 0.717) is 11.3 Å². The molecule has 0 amide bonds. The summed E-state index contributed by atoms with van der Waals surface area (Å²) in [6.07, 6.45) is 5.88. The van der Waals surface area contributed by atoms with Crippen LogP contribution in [0.5, 0.6) is 0 Å². The van der Waals surface area contributed by atoms with Crippen LogP contribution >= 0.6 is 0 Å². The maximum Gasteiger partial charge on any atom is 0.0211 e. The third-order valence-corrected chi connectivity index (χ3v) is 6.52. The van der Waals surface area contributed by atoms with Gasteiger partial charge in [-0.3, -0.25) is 0 Å². The Bertz CT molecular complexity index is 519. The summed E-state index contributed by atoms with van der Waals surface area (Å²) < 4.78 is 0. The molecule has 1 nitrogen and oxygen atoms in total. The van der Waals surface area contributed by atoms with Crippen LogP contribution in [0.25, 0.3) is 0 Å². The second kappa shape index (κ2) is 4.84. The van der Waals surface area contributed by atoms with Crippen LogP contribution in [0.3, 0.4) is 0 Å². The zero-order chi connectivity index (χ0) is 14.6. The minimum atomic E-state index is 0.350. The minimum absolute atomic E-state index is 0.350. The van der Waals surface area contributed by atoms with Crippen molar-refractivity contribution < 1.29 is 0 Å². The Morgan fingerprint density at radius 1 is 0.952 bits per heavy atom. The third kappa shape index (κ3) is 2.16. The largest absolute Gasteiger partial charge is 0.309 e. The molecule has 4 aliphatic rings. The summed E-state index contributed by atoms with van der Waals surface area (Å²) in [7, 11) is 0. The van der Waals surface area contributed by atoms with Crippen molar-refractivity contribution in [3.05, 3.63) is 35.4 Å². The van der Waals surface area contributed by atoms with Gasteiger partial charge in [-0.15, -0.1) is 0 Å². The lowest BCUT2D eigenvalue weighted by Crippen LogP contribution is -2.53. The Balaban J connectivity index is 1.84. The quantitative estimate of drug-likeness (QED) is 0.726. The summed E-state index contributed by atoms with van der Waals surface area (Å²) in [6, 6.07) is 9.98. The Morgan fingerprint density at radius 2 is 1.62 bits per heavy atom. The predicted octanol–water partition coefficient (Wildman–Crippen LogP) is 4.72. The molecule has 1 N–H and O–H groups in total. The van der Waals surface area contributed by atoms with E-state index >= 15 is 0 Å². The Kier molecular flexibility index (Phi) is 3.19. The second-order valence-electron chi connectivity index (χ2n) is 8.70. The fourth-order valence-corrected chi connectivity index (χ4v) is 5.76. The van der Waals surface area contributed by atoms with Crippen molar-refractivity contribution >= 4 is 0 Å². The van der Waals surface area contributed by atoms with E-state index in [2.05, 4.69) is 50.4 Å². The Hall–Kier alpha value is -0.820. The second-order valence-corrected chi connectivity index (χ2v) is 8.70. The molecule has 3 aliphatic carbocycles. The maximum absolute atomic E-state index is 3.97. The Morgan fingerprint density at radius 3 is 2.33 bits per heavy atom. The van der Waals surface area contributed by atoms with Gasteiger partial charge in [0.15, 0.2) is 0 Å². The highest BCUT2D eigenvalue weighted by atomic mass is 15.0. The van der Waals surface area contributed by atoms with Crippen LogP contribution < -0.4 is 5.32 Å². The average Bonchev–Trinajstić information content (AvgIpc) is 2.66. The summed E-state index contributed by atoms with van der Waals surface area (Å²) in [6.45, 7) is 8.45. The molecule has 21 heavy (non-hydrogen) atoms. The van der Waals surface area contributed by atoms with E-state index in [-0.39, 0.29) is 0 Å². The van der Waals surface area contributed by atoms with Crippen LogP contribution in [0.2, 0.25) is 0 Å².